The van der Waals surface area contributed by atoms with E-state index in [1.54, 1.807) is 0 Å². The first kappa shape index (κ1) is 15.4. The van der Waals surface area contributed by atoms with E-state index >= 15 is 0 Å². The Morgan fingerprint density at radius 2 is 2.05 bits per heavy atom. The number of hydrogen-bond donors (Lipinski definition) is 1. The highest BCUT2D eigenvalue weighted by Gasteiger charge is 2.39. The van der Waals surface area contributed by atoms with Gasteiger partial charge in [0.05, 0.1) is 5.69 Å². The third kappa shape index (κ3) is 3.14. The predicted octanol–water partition coefficient (Wildman–Crippen LogP) is 4.65. The van der Waals surface area contributed by atoms with Crippen LogP contribution in [0.1, 0.15) is 51.0 Å². The summed E-state index contributed by atoms with van der Waals surface area (Å²) in [5.74, 6) is 0. The van der Waals surface area contributed by atoms with Crippen molar-refractivity contribution in [2.24, 2.45) is 0 Å². The van der Waals surface area contributed by atoms with E-state index in [2.05, 4.69) is 58.2 Å². The topological polar surface area (TPSA) is 15.3 Å². The number of benzene rings is 1. The summed E-state index contributed by atoms with van der Waals surface area (Å²) in [4.78, 5) is 2.66. The number of anilines is 1. The smallest absolute Gasteiger partial charge is 0.0514 e. The van der Waals surface area contributed by atoms with Crippen molar-refractivity contribution >= 4 is 21.6 Å². The maximum Gasteiger partial charge on any atom is 0.0514 e. The van der Waals surface area contributed by atoms with Crippen molar-refractivity contribution < 1.29 is 0 Å². The van der Waals surface area contributed by atoms with Crippen LogP contribution in [0.4, 0.5) is 5.69 Å². The van der Waals surface area contributed by atoms with E-state index in [1.807, 2.05) is 0 Å². The molecule has 3 rings (SSSR count). The zero-order chi connectivity index (χ0) is 14.9. The van der Waals surface area contributed by atoms with Crippen LogP contribution in [0.15, 0.2) is 22.7 Å². The molecule has 21 heavy (non-hydrogen) atoms. The molecule has 1 aliphatic heterocycles. The van der Waals surface area contributed by atoms with Crippen molar-refractivity contribution in [1.82, 2.24) is 5.32 Å². The van der Waals surface area contributed by atoms with Crippen molar-refractivity contribution in [3.05, 3.63) is 28.2 Å². The number of rotatable bonds is 2. The first-order valence-electron chi connectivity index (χ1n) is 8.41. The molecule has 1 aromatic carbocycles. The second kappa shape index (κ2) is 6.29. The summed E-state index contributed by atoms with van der Waals surface area (Å²) < 4.78 is 1.24. The van der Waals surface area contributed by atoms with Gasteiger partial charge in [0.15, 0.2) is 0 Å². The van der Waals surface area contributed by atoms with E-state index in [1.165, 1.54) is 54.2 Å². The number of piperazine rings is 1. The van der Waals surface area contributed by atoms with Gasteiger partial charge in [0.25, 0.3) is 0 Å². The molecule has 0 amide bonds. The van der Waals surface area contributed by atoms with E-state index in [4.69, 9.17) is 0 Å². The van der Waals surface area contributed by atoms with Crippen LogP contribution in [0, 0.1) is 6.92 Å². The lowest BCUT2D eigenvalue weighted by Gasteiger charge is -2.50. The molecule has 1 aliphatic carbocycles. The van der Waals surface area contributed by atoms with Crippen LogP contribution in [0.3, 0.4) is 0 Å². The van der Waals surface area contributed by atoms with Gasteiger partial charge in [0.2, 0.25) is 0 Å². The molecule has 2 aliphatic rings. The van der Waals surface area contributed by atoms with Crippen molar-refractivity contribution in [3.8, 4) is 0 Å². The van der Waals surface area contributed by atoms with Gasteiger partial charge in [-0.3, -0.25) is 0 Å². The number of hydrogen-bond acceptors (Lipinski definition) is 2. The molecule has 1 saturated carbocycles. The Bertz CT molecular complexity index is 494. The predicted molar refractivity (Wildman–Crippen MR) is 94.1 cm³/mol. The molecule has 1 atom stereocenters. The molecule has 1 N–H and O–H groups in total. The molecular formula is C18H27BrN2. The molecule has 1 spiro atoms. The summed E-state index contributed by atoms with van der Waals surface area (Å²) in [5.41, 5.74) is 3.05. The minimum absolute atomic E-state index is 0.355. The first-order chi connectivity index (χ1) is 10.1. The van der Waals surface area contributed by atoms with Gasteiger partial charge in [-0.15, -0.1) is 0 Å². The Morgan fingerprint density at radius 1 is 1.29 bits per heavy atom. The number of halogens is 1. The number of nitrogens with zero attached hydrogens (tertiary/aromatic N) is 1. The van der Waals surface area contributed by atoms with Crippen LogP contribution in [0.25, 0.3) is 0 Å². The summed E-state index contributed by atoms with van der Waals surface area (Å²) in [6, 6.07) is 7.39. The van der Waals surface area contributed by atoms with E-state index in [-0.39, 0.29) is 0 Å². The van der Waals surface area contributed by atoms with Crippen LogP contribution >= 0.6 is 15.9 Å². The molecule has 1 saturated heterocycles. The second-order valence-corrected chi connectivity index (χ2v) is 7.72. The summed E-state index contributed by atoms with van der Waals surface area (Å²) in [6.45, 7) is 6.75. The lowest BCUT2D eigenvalue weighted by molar-refractivity contribution is 0.195. The zero-order valence-corrected chi connectivity index (χ0v) is 14.9. The van der Waals surface area contributed by atoms with Gasteiger partial charge >= 0.3 is 0 Å². The van der Waals surface area contributed by atoms with Gasteiger partial charge in [0, 0.05) is 29.1 Å². The van der Waals surface area contributed by atoms with Crippen LogP contribution in [0.5, 0.6) is 0 Å². The van der Waals surface area contributed by atoms with E-state index in [0.717, 1.165) is 13.1 Å². The fourth-order valence-electron chi connectivity index (χ4n) is 4.01. The molecule has 0 bridgehead atoms. The monoisotopic (exact) mass is 350 g/mol. The molecule has 2 fully saturated rings. The maximum absolute atomic E-state index is 3.91. The quantitative estimate of drug-likeness (QED) is 0.834. The number of nitrogens with one attached hydrogen (secondary N) is 1. The molecule has 3 heteroatoms. The Kier molecular flexibility index (Phi) is 4.60. The molecule has 116 valence electrons. The average Bonchev–Trinajstić information content (AvgIpc) is 2.48. The van der Waals surface area contributed by atoms with E-state index in [0.29, 0.717) is 11.6 Å². The summed E-state index contributed by atoms with van der Waals surface area (Å²) >= 11 is 3.79. The lowest BCUT2D eigenvalue weighted by Crippen LogP contribution is -2.65. The van der Waals surface area contributed by atoms with Crippen molar-refractivity contribution in [1.29, 1.82) is 0 Å². The third-order valence-corrected chi connectivity index (χ3v) is 5.96. The van der Waals surface area contributed by atoms with Gasteiger partial charge in [-0.2, -0.15) is 0 Å². The molecule has 0 aromatic heterocycles. The Morgan fingerprint density at radius 3 is 2.71 bits per heavy atom. The van der Waals surface area contributed by atoms with Gasteiger partial charge in [-0.05, 0) is 59.8 Å². The van der Waals surface area contributed by atoms with Gasteiger partial charge < -0.3 is 10.2 Å². The Balaban J connectivity index is 1.88. The van der Waals surface area contributed by atoms with Crippen molar-refractivity contribution in [3.63, 3.8) is 0 Å². The third-order valence-electron chi connectivity index (χ3n) is 5.32. The van der Waals surface area contributed by atoms with Crippen LogP contribution in [-0.4, -0.2) is 24.7 Å². The minimum atomic E-state index is 0.355. The second-order valence-electron chi connectivity index (χ2n) is 6.87. The molecule has 2 nitrogen and oxygen atoms in total. The number of aryl methyl sites for hydroxylation is 1. The summed E-state index contributed by atoms with van der Waals surface area (Å²) in [5, 5.41) is 3.91. The van der Waals surface area contributed by atoms with Crippen LogP contribution in [-0.2, 0) is 0 Å². The molecular weight excluding hydrogens is 324 g/mol. The molecule has 1 heterocycles. The highest BCUT2D eigenvalue weighted by atomic mass is 79.9. The largest absolute Gasteiger partial charge is 0.365 e. The zero-order valence-electron chi connectivity index (χ0n) is 13.3. The highest BCUT2D eigenvalue weighted by molar-refractivity contribution is 9.10. The normalized spacial score (nSPS) is 25.3. The SMILES string of the molecule is CCC1CNC2(CCCCC2)CN1c1ccc(C)cc1Br. The fourth-order valence-corrected chi connectivity index (χ4v) is 4.73. The maximum atomic E-state index is 3.91. The van der Waals surface area contributed by atoms with E-state index < -0.39 is 0 Å². The molecule has 1 aromatic rings. The average molecular weight is 351 g/mol. The van der Waals surface area contributed by atoms with Crippen LogP contribution < -0.4 is 10.2 Å². The Hall–Kier alpha value is -0.540. The summed E-state index contributed by atoms with van der Waals surface area (Å²) in [6.07, 6.45) is 8.05. The fraction of sp³-hybridized carbons (Fsp3) is 0.667. The van der Waals surface area contributed by atoms with Crippen molar-refractivity contribution in [2.75, 3.05) is 18.0 Å². The van der Waals surface area contributed by atoms with Gasteiger partial charge in [-0.1, -0.05) is 32.3 Å². The molecule has 0 radical (unpaired) electrons. The van der Waals surface area contributed by atoms with Gasteiger partial charge in [0.1, 0.15) is 0 Å². The lowest BCUT2D eigenvalue weighted by atomic mass is 9.79. The minimum Gasteiger partial charge on any atom is -0.365 e. The highest BCUT2D eigenvalue weighted by Crippen LogP contribution is 2.37. The van der Waals surface area contributed by atoms with Gasteiger partial charge in [-0.25, -0.2) is 0 Å². The molecule has 1 unspecified atom stereocenters. The van der Waals surface area contributed by atoms with Crippen LogP contribution in [0.2, 0.25) is 0 Å². The van der Waals surface area contributed by atoms with E-state index in [9.17, 15) is 0 Å². The Labute approximate surface area is 137 Å². The first-order valence-corrected chi connectivity index (χ1v) is 9.21. The van der Waals surface area contributed by atoms with Crippen molar-refractivity contribution in [2.45, 2.75) is 64.0 Å². The summed E-state index contributed by atoms with van der Waals surface area (Å²) in [7, 11) is 0. The standard InChI is InChI=1S/C18H27BrN2/c1-3-15-12-20-18(9-5-4-6-10-18)13-21(15)17-8-7-14(2)11-16(17)19/h7-8,11,15,20H,3-6,9-10,12-13H2,1-2H3.